The molecule has 58 valence electrons. The van der Waals surface area contributed by atoms with Crippen LogP contribution in [-0.4, -0.2) is 9.59 Å². The highest BCUT2D eigenvalue weighted by Crippen LogP contribution is 2.26. The third kappa shape index (κ3) is 1.22. The van der Waals surface area contributed by atoms with Gasteiger partial charge in [0.05, 0.1) is 4.88 Å². The molecule has 0 aliphatic rings. The smallest absolute Gasteiger partial charge is 0.115 e. The van der Waals surface area contributed by atoms with Crippen molar-refractivity contribution in [2.75, 3.05) is 0 Å². The van der Waals surface area contributed by atoms with Gasteiger partial charge in [-0.25, -0.2) is 0 Å². The molecule has 0 aliphatic carbocycles. The molecular weight excluding hydrogens is 190 g/mol. The Labute approximate surface area is 77.1 Å². The second-order valence-electron chi connectivity index (χ2n) is 2.07. The van der Waals surface area contributed by atoms with Crippen molar-refractivity contribution in [2.45, 2.75) is 0 Å². The maximum Gasteiger partial charge on any atom is 0.115 e. The fourth-order valence-corrected chi connectivity index (χ4v) is 2.10. The zero-order valence-electron chi connectivity index (χ0n) is 5.89. The average Bonchev–Trinajstić information content (AvgIpc) is 2.75. The van der Waals surface area contributed by atoms with Crippen molar-refractivity contribution < 1.29 is 0 Å². The molecule has 0 saturated carbocycles. The maximum absolute atomic E-state index is 8.58. The van der Waals surface area contributed by atoms with Gasteiger partial charge in [-0.05, 0) is 23.7 Å². The van der Waals surface area contributed by atoms with Crippen molar-refractivity contribution in [2.24, 2.45) is 0 Å². The van der Waals surface area contributed by atoms with E-state index in [2.05, 4.69) is 15.7 Å². The summed E-state index contributed by atoms with van der Waals surface area (Å²) in [6.45, 7) is 0. The lowest BCUT2D eigenvalue weighted by atomic mass is 10.4. The van der Waals surface area contributed by atoms with Gasteiger partial charge in [-0.2, -0.15) is 5.26 Å². The number of rotatable bonds is 1. The predicted molar refractivity (Wildman–Crippen MR) is 47.9 cm³/mol. The zero-order chi connectivity index (χ0) is 8.39. The van der Waals surface area contributed by atoms with E-state index >= 15 is 0 Å². The first kappa shape index (κ1) is 7.40. The van der Waals surface area contributed by atoms with Gasteiger partial charge in [0.15, 0.2) is 0 Å². The summed E-state index contributed by atoms with van der Waals surface area (Å²) in [4.78, 5) is 1.71. The first-order chi connectivity index (χ1) is 5.90. The van der Waals surface area contributed by atoms with E-state index in [0.717, 1.165) is 10.6 Å². The van der Waals surface area contributed by atoms with E-state index in [0.29, 0.717) is 4.88 Å². The van der Waals surface area contributed by atoms with Gasteiger partial charge < -0.3 is 0 Å². The third-order valence-electron chi connectivity index (χ3n) is 1.33. The van der Waals surface area contributed by atoms with Crippen LogP contribution in [0.25, 0.3) is 10.6 Å². The van der Waals surface area contributed by atoms with Gasteiger partial charge in [-0.1, -0.05) is 4.49 Å². The van der Waals surface area contributed by atoms with Crippen molar-refractivity contribution in [1.82, 2.24) is 9.59 Å². The molecule has 0 unspecified atom stereocenters. The quantitative estimate of drug-likeness (QED) is 0.697. The summed E-state index contributed by atoms with van der Waals surface area (Å²) in [5, 5.41) is 14.3. The van der Waals surface area contributed by atoms with Crippen LogP contribution in [0.1, 0.15) is 4.88 Å². The summed E-state index contributed by atoms with van der Waals surface area (Å²) >= 11 is 2.75. The topological polar surface area (TPSA) is 49.6 Å². The van der Waals surface area contributed by atoms with Gasteiger partial charge >= 0.3 is 0 Å². The molecule has 0 aliphatic heterocycles. The molecule has 0 aromatic carbocycles. The highest BCUT2D eigenvalue weighted by atomic mass is 32.1. The summed E-state index contributed by atoms with van der Waals surface area (Å²) in [6, 6.07) is 5.76. The van der Waals surface area contributed by atoms with E-state index in [1.54, 1.807) is 6.07 Å². The normalized spacial score (nSPS) is 9.58. The fourth-order valence-electron chi connectivity index (χ4n) is 0.808. The number of hydrogen-bond donors (Lipinski definition) is 0. The number of nitrogens with zero attached hydrogens (tertiary/aromatic N) is 3. The van der Waals surface area contributed by atoms with E-state index < -0.39 is 0 Å². The molecule has 0 N–H and O–H groups in total. The van der Waals surface area contributed by atoms with Crippen molar-refractivity contribution in [1.29, 1.82) is 5.26 Å². The lowest BCUT2D eigenvalue weighted by Crippen LogP contribution is -1.69. The summed E-state index contributed by atoms with van der Waals surface area (Å²) in [5.41, 5.74) is 0.853. The Morgan fingerprint density at radius 1 is 1.42 bits per heavy atom. The summed E-state index contributed by atoms with van der Waals surface area (Å²) in [6.07, 6.45) is 0. The van der Waals surface area contributed by atoms with E-state index in [1.807, 2.05) is 11.4 Å². The third-order valence-corrected chi connectivity index (χ3v) is 2.85. The van der Waals surface area contributed by atoms with Crippen LogP contribution in [0.2, 0.25) is 0 Å². The first-order valence-electron chi connectivity index (χ1n) is 3.17. The minimum atomic E-state index is 0.706. The summed E-state index contributed by atoms with van der Waals surface area (Å²) < 4.78 is 3.75. The van der Waals surface area contributed by atoms with Crippen molar-refractivity contribution >= 4 is 22.9 Å². The molecule has 0 bridgehead atoms. The van der Waals surface area contributed by atoms with Gasteiger partial charge in [0.1, 0.15) is 16.6 Å². The molecular formula is C7H3N3S2. The number of thiophene rings is 1. The van der Waals surface area contributed by atoms with Crippen LogP contribution >= 0.6 is 22.9 Å². The minimum Gasteiger partial charge on any atom is -0.192 e. The Bertz CT molecular complexity index is 410. The van der Waals surface area contributed by atoms with Gasteiger partial charge in [0, 0.05) is 5.38 Å². The fraction of sp³-hybridized carbons (Fsp3) is 0. The molecule has 2 rings (SSSR count). The molecule has 5 heteroatoms. The Hall–Kier alpha value is -1.25. The van der Waals surface area contributed by atoms with Gasteiger partial charge in [-0.15, -0.1) is 16.4 Å². The van der Waals surface area contributed by atoms with Crippen LogP contribution < -0.4 is 0 Å². The van der Waals surface area contributed by atoms with Crippen molar-refractivity contribution in [3.05, 3.63) is 22.4 Å². The van der Waals surface area contributed by atoms with E-state index in [1.165, 1.54) is 22.9 Å². The molecule has 12 heavy (non-hydrogen) atoms. The molecule has 0 fully saturated rings. The summed E-state index contributed by atoms with van der Waals surface area (Å²) in [7, 11) is 0. The molecule has 0 atom stereocenters. The standard InChI is InChI=1S/C7H3N3S2/c8-3-5-1-2-7(12-5)6-4-11-10-9-6/h1-2,4H. The van der Waals surface area contributed by atoms with Gasteiger partial charge in [0.25, 0.3) is 0 Å². The molecule has 2 aromatic heterocycles. The zero-order valence-corrected chi connectivity index (χ0v) is 7.52. The van der Waals surface area contributed by atoms with E-state index in [4.69, 9.17) is 5.26 Å². The van der Waals surface area contributed by atoms with Crippen LogP contribution in [0, 0.1) is 11.3 Å². The minimum absolute atomic E-state index is 0.706. The molecule has 2 heterocycles. The molecule has 0 spiro atoms. The maximum atomic E-state index is 8.58. The second kappa shape index (κ2) is 3.01. The SMILES string of the molecule is N#Cc1ccc(-c2csnn2)s1. The second-order valence-corrected chi connectivity index (χ2v) is 3.76. The summed E-state index contributed by atoms with van der Waals surface area (Å²) in [5.74, 6) is 0. The average molecular weight is 193 g/mol. The Balaban J connectivity index is 2.44. The van der Waals surface area contributed by atoms with Gasteiger partial charge in [-0.3, -0.25) is 0 Å². The predicted octanol–water partition coefficient (Wildman–Crippen LogP) is 2.14. The highest BCUT2D eigenvalue weighted by molar-refractivity contribution is 7.16. The Morgan fingerprint density at radius 3 is 2.92 bits per heavy atom. The molecule has 0 saturated heterocycles. The lowest BCUT2D eigenvalue weighted by Gasteiger charge is -1.82. The first-order valence-corrected chi connectivity index (χ1v) is 4.83. The number of nitriles is 1. The Kier molecular flexibility index (Phi) is 1.86. The van der Waals surface area contributed by atoms with Gasteiger partial charge in [0.2, 0.25) is 0 Å². The van der Waals surface area contributed by atoms with Crippen LogP contribution in [0.3, 0.4) is 0 Å². The molecule has 0 amide bonds. The van der Waals surface area contributed by atoms with Crippen molar-refractivity contribution in [3.63, 3.8) is 0 Å². The van der Waals surface area contributed by atoms with E-state index in [-0.39, 0.29) is 0 Å². The van der Waals surface area contributed by atoms with Crippen LogP contribution in [0.4, 0.5) is 0 Å². The van der Waals surface area contributed by atoms with Crippen molar-refractivity contribution in [3.8, 4) is 16.6 Å². The molecule has 2 aromatic rings. The van der Waals surface area contributed by atoms with Crippen LogP contribution in [0.5, 0.6) is 0 Å². The number of aromatic nitrogens is 2. The Morgan fingerprint density at radius 2 is 2.33 bits per heavy atom. The molecule has 3 nitrogen and oxygen atoms in total. The van der Waals surface area contributed by atoms with Crippen LogP contribution in [-0.2, 0) is 0 Å². The van der Waals surface area contributed by atoms with Crippen LogP contribution in [0.15, 0.2) is 17.5 Å². The molecule has 0 radical (unpaired) electrons. The van der Waals surface area contributed by atoms with E-state index in [9.17, 15) is 0 Å². The number of hydrogen-bond acceptors (Lipinski definition) is 5. The lowest BCUT2D eigenvalue weighted by molar-refractivity contribution is 1.17. The largest absolute Gasteiger partial charge is 0.192 e. The monoisotopic (exact) mass is 193 g/mol. The highest BCUT2D eigenvalue weighted by Gasteiger charge is 2.03.